The number of nitrogens with one attached hydrogen (secondary N) is 1. The van der Waals surface area contributed by atoms with Gasteiger partial charge in [-0.05, 0) is 52.8 Å². The fourth-order valence-electron chi connectivity index (χ4n) is 3.01. The molecule has 0 aromatic heterocycles. The molecule has 1 unspecified atom stereocenters. The van der Waals surface area contributed by atoms with Gasteiger partial charge in [-0.25, -0.2) is 0 Å². The molecule has 0 spiro atoms. The van der Waals surface area contributed by atoms with E-state index in [9.17, 15) is 9.59 Å². The molecule has 1 atom stereocenters. The van der Waals surface area contributed by atoms with Crippen molar-refractivity contribution in [1.29, 1.82) is 0 Å². The predicted molar refractivity (Wildman–Crippen MR) is 135 cm³/mol. The van der Waals surface area contributed by atoms with Crippen molar-refractivity contribution in [3.8, 4) is 23.0 Å². The van der Waals surface area contributed by atoms with Gasteiger partial charge in [-0.2, -0.15) is 10.2 Å². The van der Waals surface area contributed by atoms with Crippen LogP contribution in [0.1, 0.15) is 34.6 Å². The highest BCUT2D eigenvalue weighted by atomic mass is 35.5. The van der Waals surface area contributed by atoms with E-state index in [4.69, 9.17) is 42.1 Å². The van der Waals surface area contributed by atoms with E-state index in [1.54, 1.807) is 32.0 Å². The van der Waals surface area contributed by atoms with Crippen LogP contribution in [-0.4, -0.2) is 44.2 Å². The summed E-state index contributed by atoms with van der Waals surface area (Å²) >= 11 is 12.5. The Morgan fingerprint density at radius 1 is 0.857 bits per heavy atom. The van der Waals surface area contributed by atoms with Crippen molar-refractivity contribution >= 4 is 46.3 Å². The highest BCUT2D eigenvalue weighted by Gasteiger charge is 2.26. The number of rotatable bonds is 13. The average molecular weight is 526 g/mol. The Morgan fingerprint density at radius 2 is 1.46 bits per heavy atom. The smallest absolute Gasteiger partial charge is 0.258 e. The number of nitrogens with zero attached hydrogens (tertiary/aromatic N) is 2. The zero-order valence-electron chi connectivity index (χ0n) is 20.3. The Labute approximate surface area is 214 Å². The number of halogens is 2. The van der Waals surface area contributed by atoms with E-state index in [1.165, 1.54) is 13.0 Å². The minimum atomic E-state index is -1.42. The number of benzene rings is 2. The molecular weight excluding hydrogens is 497 g/mol. The maximum Gasteiger partial charge on any atom is 0.258 e. The van der Waals surface area contributed by atoms with Crippen molar-refractivity contribution in [2.24, 2.45) is 10.2 Å². The zero-order chi connectivity index (χ0) is 26.0. The van der Waals surface area contributed by atoms with Crippen LogP contribution < -0.4 is 24.3 Å². The van der Waals surface area contributed by atoms with Gasteiger partial charge in [0.15, 0.2) is 28.8 Å². The van der Waals surface area contributed by atoms with Crippen LogP contribution in [0.15, 0.2) is 34.5 Å². The van der Waals surface area contributed by atoms with Crippen LogP contribution in [0.3, 0.4) is 0 Å². The Hall–Kier alpha value is -3.04. The minimum absolute atomic E-state index is 0.258. The molecule has 0 saturated carbocycles. The summed E-state index contributed by atoms with van der Waals surface area (Å²) in [5.41, 5.74) is 0.579. The number of carbonyl (C=O) groups excluding carboxylic acids is 2. The predicted octanol–water partition coefficient (Wildman–Crippen LogP) is 6.27. The number of amides is 1. The summed E-state index contributed by atoms with van der Waals surface area (Å²) in [7, 11) is 0. The molecule has 0 fully saturated rings. The van der Waals surface area contributed by atoms with Crippen LogP contribution in [0.25, 0.3) is 0 Å². The van der Waals surface area contributed by atoms with E-state index < -0.39 is 17.7 Å². The Morgan fingerprint density at radius 3 is 2.06 bits per heavy atom. The Bertz CT molecular complexity index is 1080. The molecule has 35 heavy (non-hydrogen) atoms. The normalized spacial score (nSPS) is 11.7. The highest BCUT2D eigenvalue weighted by molar-refractivity contribution is 6.33. The summed E-state index contributed by atoms with van der Waals surface area (Å²) in [6.45, 7) is 9.89. The Kier molecular flexibility index (Phi) is 11.1. The van der Waals surface area contributed by atoms with Crippen LogP contribution in [0.2, 0.25) is 10.0 Å². The van der Waals surface area contributed by atoms with Crippen molar-refractivity contribution in [3.05, 3.63) is 34.3 Å². The molecule has 0 aliphatic heterocycles. The first kappa shape index (κ1) is 28.2. The number of ketones is 1. The molecule has 0 aliphatic rings. The molecule has 11 heteroatoms. The Balaban J connectivity index is 2.35. The van der Waals surface area contributed by atoms with Gasteiger partial charge in [0, 0.05) is 6.07 Å². The molecule has 9 nitrogen and oxygen atoms in total. The van der Waals surface area contributed by atoms with Gasteiger partial charge >= 0.3 is 0 Å². The number of hydrogen-bond acceptors (Lipinski definition) is 8. The van der Waals surface area contributed by atoms with Crippen molar-refractivity contribution in [1.82, 2.24) is 0 Å². The standard InChI is InChI=1S/C24H29Cl2N3O6/c1-6-32-19-13-15(12-17(26)21(19)33-7-2)28-29-20(14(5)30)24(31)27-18-11-10-16(25)22(34-8-3)23(18)35-9-4/h10-13,20H,6-9H2,1-5H3,(H,27,31). The molecular formula is C24H29Cl2N3O6. The monoisotopic (exact) mass is 525 g/mol. The molecule has 1 N–H and O–H groups in total. The number of anilines is 1. The van der Waals surface area contributed by atoms with E-state index in [0.29, 0.717) is 54.4 Å². The van der Waals surface area contributed by atoms with Gasteiger partial charge in [-0.3, -0.25) is 9.59 Å². The number of ether oxygens (including phenoxy) is 4. The molecule has 190 valence electrons. The van der Waals surface area contributed by atoms with Crippen molar-refractivity contribution < 1.29 is 28.5 Å². The second-order valence-electron chi connectivity index (χ2n) is 6.96. The van der Waals surface area contributed by atoms with Crippen molar-refractivity contribution in [2.75, 3.05) is 31.7 Å². The molecule has 2 aromatic rings. The first-order valence-electron chi connectivity index (χ1n) is 11.2. The van der Waals surface area contributed by atoms with Gasteiger partial charge in [0.25, 0.3) is 5.91 Å². The molecule has 0 saturated heterocycles. The maximum absolute atomic E-state index is 13.0. The maximum atomic E-state index is 13.0. The lowest BCUT2D eigenvalue weighted by atomic mass is 10.2. The summed E-state index contributed by atoms with van der Waals surface area (Å²) in [5, 5.41) is 11.3. The van der Waals surface area contributed by atoms with Crippen molar-refractivity contribution in [2.45, 2.75) is 40.7 Å². The quantitative estimate of drug-likeness (QED) is 0.244. The molecule has 0 heterocycles. The first-order chi connectivity index (χ1) is 16.8. The van der Waals surface area contributed by atoms with Gasteiger partial charge in [-0.1, -0.05) is 23.2 Å². The summed E-state index contributed by atoms with van der Waals surface area (Å²) in [4.78, 5) is 25.2. The number of carbonyl (C=O) groups is 2. The van der Waals surface area contributed by atoms with Gasteiger partial charge in [-0.15, -0.1) is 0 Å². The van der Waals surface area contributed by atoms with Crippen LogP contribution in [0.4, 0.5) is 11.4 Å². The molecule has 0 bridgehead atoms. The molecule has 0 radical (unpaired) electrons. The largest absolute Gasteiger partial charge is 0.490 e. The third-order valence-corrected chi connectivity index (χ3v) is 4.98. The van der Waals surface area contributed by atoms with E-state index >= 15 is 0 Å². The topological polar surface area (TPSA) is 108 Å². The fourth-order valence-corrected chi connectivity index (χ4v) is 3.47. The van der Waals surface area contributed by atoms with E-state index in [0.717, 1.165) is 0 Å². The summed E-state index contributed by atoms with van der Waals surface area (Å²) in [6, 6.07) is 4.78. The second kappa shape index (κ2) is 13.7. The summed E-state index contributed by atoms with van der Waals surface area (Å²) in [5.74, 6) is 0.105. The summed E-state index contributed by atoms with van der Waals surface area (Å²) < 4.78 is 22.3. The molecule has 1 amide bonds. The molecule has 2 rings (SSSR count). The van der Waals surface area contributed by atoms with Gasteiger partial charge < -0.3 is 24.3 Å². The van der Waals surface area contributed by atoms with Gasteiger partial charge in [0.2, 0.25) is 6.04 Å². The van der Waals surface area contributed by atoms with E-state index in [2.05, 4.69) is 15.5 Å². The lowest BCUT2D eigenvalue weighted by Gasteiger charge is -2.17. The SMILES string of the molecule is CCOc1cc(N=NC(C(C)=O)C(=O)Nc2ccc(Cl)c(OCC)c2OCC)cc(Cl)c1OCC. The van der Waals surface area contributed by atoms with E-state index in [1.807, 2.05) is 13.8 Å². The van der Waals surface area contributed by atoms with Gasteiger partial charge in [0.05, 0.1) is 47.8 Å². The zero-order valence-corrected chi connectivity index (χ0v) is 21.8. The fraction of sp³-hybridized carbons (Fsp3) is 0.417. The van der Waals surface area contributed by atoms with Crippen LogP contribution in [0, 0.1) is 0 Å². The number of hydrogen-bond donors (Lipinski definition) is 1. The molecule has 0 aliphatic carbocycles. The summed E-state index contributed by atoms with van der Waals surface area (Å²) in [6.07, 6.45) is 0. The average Bonchev–Trinajstić information content (AvgIpc) is 2.80. The first-order valence-corrected chi connectivity index (χ1v) is 11.9. The third kappa shape index (κ3) is 7.47. The lowest BCUT2D eigenvalue weighted by molar-refractivity contribution is -0.126. The number of Topliss-reactive ketones (excluding diaryl/α,β-unsaturated/α-hetero) is 1. The lowest BCUT2D eigenvalue weighted by Crippen LogP contribution is -2.32. The minimum Gasteiger partial charge on any atom is -0.490 e. The highest BCUT2D eigenvalue weighted by Crippen LogP contribution is 2.42. The van der Waals surface area contributed by atoms with Crippen molar-refractivity contribution in [3.63, 3.8) is 0 Å². The molecule has 2 aromatic carbocycles. The number of azo groups is 1. The third-order valence-electron chi connectivity index (χ3n) is 4.40. The van der Waals surface area contributed by atoms with Gasteiger partial charge in [0.1, 0.15) is 0 Å². The second-order valence-corrected chi connectivity index (χ2v) is 7.77. The van der Waals surface area contributed by atoms with Crippen LogP contribution in [0.5, 0.6) is 23.0 Å². The van der Waals surface area contributed by atoms with Crippen LogP contribution in [-0.2, 0) is 9.59 Å². The van der Waals surface area contributed by atoms with Crippen LogP contribution >= 0.6 is 23.2 Å². The van der Waals surface area contributed by atoms with E-state index in [-0.39, 0.29) is 16.5 Å².